The highest BCUT2D eigenvalue weighted by Gasteiger charge is 2.03. The van der Waals surface area contributed by atoms with Gasteiger partial charge in [-0.25, -0.2) is 0 Å². The van der Waals surface area contributed by atoms with E-state index in [9.17, 15) is 0 Å². The van der Waals surface area contributed by atoms with Gasteiger partial charge >= 0.3 is 0 Å². The second kappa shape index (κ2) is 11.7. The Balaban J connectivity index is 0. The molecule has 0 saturated carbocycles. The summed E-state index contributed by atoms with van der Waals surface area (Å²) in [6.45, 7) is 10.8. The second-order valence-electron chi connectivity index (χ2n) is 1.62. The first-order valence-corrected chi connectivity index (χ1v) is 4.16. The lowest BCUT2D eigenvalue weighted by Crippen LogP contribution is -2.11. The van der Waals surface area contributed by atoms with Crippen molar-refractivity contribution in [3.8, 4) is 0 Å². The van der Waals surface area contributed by atoms with E-state index in [1.54, 1.807) is 0 Å². The summed E-state index contributed by atoms with van der Waals surface area (Å²) < 4.78 is 4.98. The van der Waals surface area contributed by atoms with Gasteiger partial charge in [0.05, 0.1) is 13.3 Å². The van der Waals surface area contributed by atoms with Crippen LogP contribution in [0, 0.1) is 0 Å². The fourth-order valence-corrected chi connectivity index (χ4v) is 0.505. The van der Waals surface area contributed by atoms with Crippen LogP contribution in [0.25, 0.3) is 0 Å². The Hall–Kier alpha value is -0.0800. The van der Waals surface area contributed by atoms with Crippen LogP contribution in [0.3, 0.4) is 0 Å². The molecule has 0 atom stereocenters. The van der Waals surface area contributed by atoms with Gasteiger partial charge in [0.1, 0.15) is 0 Å². The van der Waals surface area contributed by atoms with Crippen molar-refractivity contribution in [3.05, 3.63) is 0 Å². The Morgan fingerprint density at radius 2 is 1.60 bits per heavy atom. The minimum absolute atomic E-state index is 0.819. The summed E-state index contributed by atoms with van der Waals surface area (Å²) in [6.07, 6.45) is 0. The number of nitrogens with zero attached hydrogens (tertiary/aromatic N) is 1. The molecule has 1 saturated heterocycles. The number of likely N-dealkylation sites (N-methyl/N-ethyl adjacent to an activating group) is 1. The number of hydrogen-bond donors (Lipinski definition) is 0. The van der Waals surface area contributed by atoms with E-state index in [-0.39, 0.29) is 0 Å². The van der Waals surface area contributed by atoms with Gasteiger partial charge in [-0.05, 0) is 7.05 Å². The van der Waals surface area contributed by atoms with Gasteiger partial charge in [-0.15, -0.1) is 0 Å². The fraction of sp³-hybridized carbons (Fsp3) is 1.00. The van der Waals surface area contributed by atoms with E-state index >= 15 is 0 Å². The first kappa shape index (κ1) is 12.6. The fourth-order valence-electron chi connectivity index (χ4n) is 0.505. The van der Waals surface area contributed by atoms with Crippen LogP contribution in [0.4, 0.5) is 0 Å². The van der Waals surface area contributed by atoms with Crippen LogP contribution >= 0.6 is 0 Å². The Kier molecular flexibility index (Phi) is 14.7. The van der Waals surface area contributed by atoms with E-state index < -0.39 is 0 Å². The van der Waals surface area contributed by atoms with Crippen molar-refractivity contribution in [1.82, 2.24) is 4.90 Å². The molecule has 0 amide bonds. The molecule has 1 aliphatic rings. The minimum Gasteiger partial charge on any atom is -0.365 e. The summed E-state index contributed by atoms with van der Waals surface area (Å²) >= 11 is 0. The van der Waals surface area contributed by atoms with Crippen molar-refractivity contribution in [2.75, 3.05) is 26.9 Å². The lowest BCUT2D eigenvalue weighted by Gasteiger charge is -1.98. The van der Waals surface area contributed by atoms with E-state index in [2.05, 4.69) is 4.90 Å². The molecule has 0 aromatic rings. The van der Waals surface area contributed by atoms with Crippen LogP contribution in [0.15, 0.2) is 0 Å². The quantitative estimate of drug-likeness (QED) is 0.519. The predicted molar refractivity (Wildman–Crippen MR) is 46.1 cm³/mol. The second-order valence-corrected chi connectivity index (χ2v) is 1.62. The molecule has 0 N–H and O–H groups in total. The highest BCUT2D eigenvalue weighted by atomic mass is 16.5. The van der Waals surface area contributed by atoms with Crippen LogP contribution in [0.1, 0.15) is 27.7 Å². The summed E-state index contributed by atoms with van der Waals surface area (Å²) in [4.78, 5) is 2.14. The predicted octanol–water partition coefficient (Wildman–Crippen LogP) is 1.96. The third-order valence-electron chi connectivity index (χ3n) is 0.929. The van der Waals surface area contributed by atoms with Crippen molar-refractivity contribution in [2.45, 2.75) is 27.7 Å². The highest BCUT2D eigenvalue weighted by Crippen LogP contribution is 1.91. The van der Waals surface area contributed by atoms with Gasteiger partial charge in [-0.1, -0.05) is 27.7 Å². The van der Waals surface area contributed by atoms with Crippen LogP contribution in [0.2, 0.25) is 0 Å². The zero-order chi connectivity index (χ0) is 8.41. The summed E-state index contributed by atoms with van der Waals surface area (Å²) in [5.41, 5.74) is 0. The molecule has 0 aromatic carbocycles. The molecule has 64 valence electrons. The molecule has 2 nitrogen and oxygen atoms in total. The van der Waals surface area contributed by atoms with Gasteiger partial charge in [0, 0.05) is 6.54 Å². The molecule has 0 aliphatic carbocycles. The first-order valence-electron chi connectivity index (χ1n) is 4.16. The Morgan fingerprint density at radius 3 is 1.70 bits per heavy atom. The van der Waals surface area contributed by atoms with Crippen molar-refractivity contribution >= 4 is 0 Å². The zero-order valence-electron chi connectivity index (χ0n) is 7.98. The van der Waals surface area contributed by atoms with Gasteiger partial charge in [-0.3, -0.25) is 4.90 Å². The third-order valence-corrected chi connectivity index (χ3v) is 0.929. The van der Waals surface area contributed by atoms with Crippen molar-refractivity contribution in [3.63, 3.8) is 0 Å². The molecule has 2 heteroatoms. The summed E-state index contributed by atoms with van der Waals surface area (Å²) in [7, 11) is 2.05. The molecular formula is C8H21NO. The van der Waals surface area contributed by atoms with Gasteiger partial charge in [0.2, 0.25) is 0 Å². The van der Waals surface area contributed by atoms with Crippen LogP contribution in [-0.4, -0.2) is 31.8 Å². The molecule has 0 unspecified atom stereocenters. The average molecular weight is 147 g/mol. The number of hydrogen-bond acceptors (Lipinski definition) is 2. The molecule has 10 heavy (non-hydrogen) atoms. The monoisotopic (exact) mass is 147 g/mol. The SMILES string of the molecule is CC.CC.CN1CCOC1. The maximum Gasteiger partial charge on any atom is 0.0989 e. The van der Waals surface area contributed by atoms with E-state index in [0.717, 1.165) is 19.9 Å². The van der Waals surface area contributed by atoms with E-state index in [4.69, 9.17) is 4.74 Å². The van der Waals surface area contributed by atoms with Crippen LogP contribution in [0.5, 0.6) is 0 Å². The smallest absolute Gasteiger partial charge is 0.0989 e. The zero-order valence-corrected chi connectivity index (χ0v) is 7.98. The van der Waals surface area contributed by atoms with Crippen molar-refractivity contribution < 1.29 is 4.74 Å². The maximum atomic E-state index is 4.98. The minimum atomic E-state index is 0.819. The molecule has 0 radical (unpaired) electrons. The van der Waals surface area contributed by atoms with Crippen molar-refractivity contribution in [2.24, 2.45) is 0 Å². The normalized spacial score (nSPS) is 16.5. The van der Waals surface area contributed by atoms with Crippen molar-refractivity contribution in [1.29, 1.82) is 0 Å². The largest absolute Gasteiger partial charge is 0.365 e. The Morgan fingerprint density at radius 1 is 1.10 bits per heavy atom. The third kappa shape index (κ3) is 7.92. The standard InChI is InChI=1S/C4H9NO.2C2H6/c1-5-2-3-6-4-5;2*1-2/h2-4H2,1H3;2*1-2H3. The van der Waals surface area contributed by atoms with Gasteiger partial charge in [0.25, 0.3) is 0 Å². The molecule has 0 spiro atoms. The molecule has 1 rings (SSSR count). The number of rotatable bonds is 0. The van der Waals surface area contributed by atoms with Crippen LogP contribution < -0.4 is 0 Å². The molecule has 1 fully saturated rings. The Labute approximate surface area is 65.2 Å². The Bertz CT molecular complexity index is 42.5. The first-order chi connectivity index (χ1) is 4.89. The topological polar surface area (TPSA) is 12.5 Å². The molecular weight excluding hydrogens is 126 g/mol. The van der Waals surface area contributed by atoms with E-state index in [1.807, 2.05) is 34.7 Å². The maximum absolute atomic E-state index is 4.98. The lowest BCUT2D eigenvalue weighted by atomic mass is 10.7. The molecule has 0 aromatic heterocycles. The molecule has 1 heterocycles. The number of ether oxygens (including phenoxy) is 1. The van der Waals surface area contributed by atoms with Crippen LogP contribution in [-0.2, 0) is 4.74 Å². The summed E-state index contributed by atoms with van der Waals surface area (Å²) in [6, 6.07) is 0. The lowest BCUT2D eigenvalue weighted by molar-refractivity contribution is 0.154. The van der Waals surface area contributed by atoms with Gasteiger partial charge in [-0.2, -0.15) is 0 Å². The van der Waals surface area contributed by atoms with E-state index in [1.165, 1.54) is 0 Å². The average Bonchev–Trinajstić information content (AvgIpc) is 2.48. The van der Waals surface area contributed by atoms with Gasteiger partial charge in [0.15, 0.2) is 0 Å². The summed E-state index contributed by atoms with van der Waals surface area (Å²) in [5, 5.41) is 0. The summed E-state index contributed by atoms with van der Waals surface area (Å²) in [5.74, 6) is 0. The highest BCUT2D eigenvalue weighted by molar-refractivity contribution is 4.48. The molecule has 1 aliphatic heterocycles. The van der Waals surface area contributed by atoms with Gasteiger partial charge < -0.3 is 4.74 Å². The molecule has 0 bridgehead atoms. The van der Waals surface area contributed by atoms with E-state index in [0.29, 0.717) is 0 Å².